The van der Waals surface area contributed by atoms with E-state index < -0.39 is 20.5 Å². The fraction of sp³-hybridized carbons (Fsp3) is 0.562. The van der Waals surface area contributed by atoms with Gasteiger partial charge in [-0.25, -0.2) is 8.42 Å². The van der Waals surface area contributed by atoms with E-state index in [0.29, 0.717) is 12.3 Å². The Kier molecular flexibility index (Phi) is 6.28. The van der Waals surface area contributed by atoms with Crippen LogP contribution in [0.4, 0.5) is 14.5 Å². The Hall–Kier alpha value is -1.54. The molecule has 1 amide bonds. The number of alkyl halides is 2. The first-order valence-corrected chi connectivity index (χ1v) is 9.48. The van der Waals surface area contributed by atoms with Gasteiger partial charge in [-0.1, -0.05) is 13.0 Å². The molecular formula is C16H22F2N2O3S. The monoisotopic (exact) mass is 360 g/mol. The molecule has 1 aromatic carbocycles. The van der Waals surface area contributed by atoms with Crippen LogP contribution in [0.1, 0.15) is 26.2 Å². The highest BCUT2D eigenvalue weighted by atomic mass is 32.2. The van der Waals surface area contributed by atoms with Gasteiger partial charge in [0.2, 0.25) is 15.7 Å². The largest absolute Gasteiger partial charge is 0.341 e. The van der Waals surface area contributed by atoms with Crippen LogP contribution in [-0.4, -0.2) is 33.2 Å². The van der Waals surface area contributed by atoms with Gasteiger partial charge in [0.25, 0.3) is 0 Å². The summed E-state index contributed by atoms with van der Waals surface area (Å²) in [6.07, 6.45) is 2.46. The number of sulfone groups is 1. The van der Waals surface area contributed by atoms with Crippen molar-refractivity contribution in [1.82, 2.24) is 5.32 Å². The standard InChI is InChI=1S/C16H22F2N2O3S/c1-11(12-4-3-7-19-10-12)8-15(21)20-13-5-2-6-14(9-13)24(22,23)16(17)18/h2,5-6,9,11-12,16,19H,3-4,7-8,10H2,1H3,(H,20,21). The van der Waals surface area contributed by atoms with Crippen molar-refractivity contribution in [2.24, 2.45) is 11.8 Å². The van der Waals surface area contributed by atoms with E-state index in [9.17, 15) is 22.0 Å². The highest BCUT2D eigenvalue weighted by Gasteiger charge is 2.27. The van der Waals surface area contributed by atoms with Gasteiger partial charge in [0.1, 0.15) is 0 Å². The number of anilines is 1. The Morgan fingerprint density at radius 3 is 2.79 bits per heavy atom. The summed E-state index contributed by atoms with van der Waals surface area (Å²) in [6, 6.07) is 4.97. The predicted molar refractivity (Wildman–Crippen MR) is 87.6 cm³/mol. The van der Waals surface area contributed by atoms with E-state index in [4.69, 9.17) is 0 Å². The highest BCUT2D eigenvalue weighted by Crippen LogP contribution is 2.24. The van der Waals surface area contributed by atoms with Crippen LogP contribution >= 0.6 is 0 Å². The van der Waals surface area contributed by atoms with Crippen molar-refractivity contribution in [1.29, 1.82) is 0 Å². The van der Waals surface area contributed by atoms with Crippen molar-refractivity contribution in [3.63, 3.8) is 0 Å². The number of benzene rings is 1. The van der Waals surface area contributed by atoms with Crippen molar-refractivity contribution < 1.29 is 22.0 Å². The average molecular weight is 360 g/mol. The Labute approximate surface area is 140 Å². The molecule has 0 saturated carbocycles. The summed E-state index contributed by atoms with van der Waals surface area (Å²) in [5.41, 5.74) is 0.204. The minimum atomic E-state index is -4.67. The smallest absolute Gasteiger partial charge is 0.326 e. The van der Waals surface area contributed by atoms with Gasteiger partial charge in [-0.2, -0.15) is 8.78 Å². The van der Waals surface area contributed by atoms with E-state index >= 15 is 0 Å². The first kappa shape index (κ1) is 18.8. The van der Waals surface area contributed by atoms with E-state index in [1.54, 1.807) is 0 Å². The zero-order valence-corrected chi connectivity index (χ0v) is 14.3. The highest BCUT2D eigenvalue weighted by molar-refractivity contribution is 7.91. The molecule has 2 unspecified atom stereocenters. The summed E-state index contributed by atoms with van der Waals surface area (Å²) in [6.45, 7) is 3.90. The molecule has 1 aliphatic heterocycles. The molecule has 2 rings (SSSR count). The third-order valence-electron chi connectivity index (χ3n) is 4.33. The molecule has 1 aliphatic rings. The summed E-state index contributed by atoms with van der Waals surface area (Å²) in [5.74, 6) is -3.12. The zero-order valence-electron chi connectivity index (χ0n) is 13.5. The minimum Gasteiger partial charge on any atom is -0.326 e. The number of hydrogen-bond acceptors (Lipinski definition) is 4. The van der Waals surface area contributed by atoms with Crippen molar-refractivity contribution in [2.75, 3.05) is 18.4 Å². The molecule has 1 heterocycles. The summed E-state index contributed by atoms with van der Waals surface area (Å²) in [4.78, 5) is 11.6. The quantitative estimate of drug-likeness (QED) is 0.818. The van der Waals surface area contributed by atoms with E-state index in [-0.39, 0.29) is 17.5 Å². The third kappa shape index (κ3) is 4.73. The zero-order chi connectivity index (χ0) is 17.7. The second kappa shape index (κ2) is 8.02. The number of nitrogens with one attached hydrogen (secondary N) is 2. The SMILES string of the molecule is CC(CC(=O)Nc1cccc(S(=O)(=O)C(F)F)c1)C1CCCNC1. The number of amides is 1. The van der Waals surface area contributed by atoms with Crippen LogP contribution in [0.3, 0.4) is 0 Å². The molecule has 0 aliphatic carbocycles. The predicted octanol–water partition coefficient (Wildman–Crippen LogP) is 2.65. The third-order valence-corrected chi connectivity index (χ3v) is 5.71. The first-order valence-electron chi connectivity index (χ1n) is 7.93. The van der Waals surface area contributed by atoms with Gasteiger partial charge in [0.05, 0.1) is 4.90 Å². The van der Waals surface area contributed by atoms with Crippen LogP contribution in [0.5, 0.6) is 0 Å². The minimum absolute atomic E-state index is 0.186. The number of piperidine rings is 1. The van der Waals surface area contributed by atoms with Gasteiger partial charge >= 0.3 is 5.76 Å². The number of hydrogen-bond donors (Lipinski definition) is 2. The molecule has 0 radical (unpaired) electrons. The van der Waals surface area contributed by atoms with Gasteiger partial charge in [0, 0.05) is 12.1 Å². The number of halogens is 2. The second-order valence-electron chi connectivity index (χ2n) is 6.17. The molecule has 2 atom stereocenters. The molecule has 8 heteroatoms. The Morgan fingerprint density at radius 2 is 2.17 bits per heavy atom. The summed E-state index contributed by atoms with van der Waals surface area (Å²) >= 11 is 0. The van der Waals surface area contributed by atoms with Crippen LogP contribution < -0.4 is 10.6 Å². The van der Waals surface area contributed by atoms with E-state index in [1.165, 1.54) is 12.1 Å². The molecule has 0 spiro atoms. The molecule has 2 N–H and O–H groups in total. The number of carbonyl (C=O) groups excluding carboxylic acids is 1. The first-order chi connectivity index (χ1) is 11.3. The maximum absolute atomic E-state index is 12.6. The molecule has 1 saturated heterocycles. The fourth-order valence-electron chi connectivity index (χ4n) is 2.89. The van der Waals surface area contributed by atoms with Crippen LogP contribution in [0.25, 0.3) is 0 Å². The number of rotatable bonds is 6. The molecule has 0 aromatic heterocycles. The van der Waals surface area contributed by atoms with E-state index in [0.717, 1.165) is 38.1 Å². The fourth-order valence-corrected chi connectivity index (χ4v) is 3.65. The topological polar surface area (TPSA) is 75.3 Å². The molecule has 134 valence electrons. The van der Waals surface area contributed by atoms with Crippen LogP contribution in [0.15, 0.2) is 29.2 Å². The average Bonchev–Trinajstić information content (AvgIpc) is 2.55. The lowest BCUT2D eigenvalue weighted by atomic mass is 9.85. The van der Waals surface area contributed by atoms with Crippen LogP contribution in [0.2, 0.25) is 0 Å². The van der Waals surface area contributed by atoms with Crippen LogP contribution in [-0.2, 0) is 14.6 Å². The Morgan fingerprint density at radius 1 is 1.42 bits per heavy atom. The van der Waals surface area contributed by atoms with Gasteiger partial charge in [-0.3, -0.25) is 4.79 Å². The molecule has 0 bridgehead atoms. The van der Waals surface area contributed by atoms with Gasteiger partial charge in [0.15, 0.2) is 0 Å². The van der Waals surface area contributed by atoms with Crippen LogP contribution in [0, 0.1) is 11.8 Å². The van der Waals surface area contributed by atoms with E-state index in [2.05, 4.69) is 10.6 Å². The Bertz CT molecular complexity index is 674. The maximum atomic E-state index is 12.6. The van der Waals surface area contributed by atoms with E-state index in [1.807, 2.05) is 6.92 Å². The molecule has 5 nitrogen and oxygen atoms in total. The summed E-state index contributed by atoms with van der Waals surface area (Å²) in [5, 5.41) is 5.90. The lowest BCUT2D eigenvalue weighted by molar-refractivity contribution is -0.117. The van der Waals surface area contributed by atoms with Crippen molar-refractivity contribution in [2.45, 2.75) is 36.8 Å². The maximum Gasteiger partial charge on any atom is 0.341 e. The molecular weight excluding hydrogens is 338 g/mol. The van der Waals surface area contributed by atoms with Crippen molar-refractivity contribution in [3.8, 4) is 0 Å². The number of carbonyl (C=O) groups is 1. The van der Waals surface area contributed by atoms with Gasteiger partial charge < -0.3 is 10.6 Å². The second-order valence-corrected chi connectivity index (χ2v) is 8.09. The molecule has 1 fully saturated rings. The Balaban J connectivity index is 1.99. The lowest BCUT2D eigenvalue weighted by Crippen LogP contribution is -2.34. The normalized spacial score (nSPS) is 19.9. The van der Waals surface area contributed by atoms with Crippen molar-refractivity contribution >= 4 is 21.4 Å². The molecule has 1 aromatic rings. The van der Waals surface area contributed by atoms with Crippen molar-refractivity contribution in [3.05, 3.63) is 24.3 Å². The van der Waals surface area contributed by atoms with Gasteiger partial charge in [-0.15, -0.1) is 0 Å². The lowest BCUT2D eigenvalue weighted by Gasteiger charge is -2.28. The molecule has 24 heavy (non-hydrogen) atoms. The van der Waals surface area contributed by atoms with Gasteiger partial charge in [-0.05, 0) is 56.0 Å². The summed E-state index contributed by atoms with van der Waals surface area (Å²) in [7, 11) is -4.67. The summed E-state index contributed by atoms with van der Waals surface area (Å²) < 4.78 is 48.1.